The zero-order chi connectivity index (χ0) is 16.4. The van der Waals surface area contributed by atoms with Crippen LogP contribution in [0.15, 0.2) is 23.1 Å². The minimum absolute atomic E-state index is 0.0479. The number of benzene rings is 1. The van der Waals surface area contributed by atoms with Crippen LogP contribution < -0.4 is 0 Å². The van der Waals surface area contributed by atoms with Crippen LogP contribution in [0, 0.1) is 18.3 Å². The Balaban J connectivity index is 3.38. The molecule has 1 aromatic carbocycles. The summed E-state index contributed by atoms with van der Waals surface area (Å²) in [4.78, 5) is -0.399. The van der Waals surface area contributed by atoms with E-state index in [1.807, 2.05) is 6.07 Å². The number of rotatable bonds is 4. The molecular weight excluding hydrogens is 305 g/mol. The summed E-state index contributed by atoms with van der Waals surface area (Å²) >= 11 is 0. The molecular formula is C13H15F3N2O2S. The van der Waals surface area contributed by atoms with Crippen LogP contribution in [0.2, 0.25) is 0 Å². The Kier molecular flexibility index (Phi) is 5.02. The Morgan fingerprint density at radius 1 is 1.38 bits per heavy atom. The molecule has 0 N–H and O–H groups in total. The molecule has 21 heavy (non-hydrogen) atoms. The van der Waals surface area contributed by atoms with Crippen molar-refractivity contribution in [2.24, 2.45) is 0 Å². The van der Waals surface area contributed by atoms with Gasteiger partial charge in [0.25, 0.3) is 0 Å². The molecule has 1 unspecified atom stereocenters. The fourth-order valence-electron chi connectivity index (χ4n) is 1.85. The summed E-state index contributed by atoms with van der Waals surface area (Å²) in [6.45, 7) is 2.64. The molecule has 0 aliphatic heterocycles. The molecule has 0 fully saturated rings. The molecule has 0 aliphatic rings. The lowest BCUT2D eigenvalue weighted by Gasteiger charge is -2.24. The van der Waals surface area contributed by atoms with Crippen LogP contribution in [0.3, 0.4) is 0 Å². The molecule has 0 aliphatic carbocycles. The molecule has 0 saturated carbocycles. The van der Waals surface area contributed by atoms with E-state index in [0.29, 0.717) is 0 Å². The molecule has 8 heteroatoms. The first-order chi connectivity index (χ1) is 9.53. The van der Waals surface area contributed by atoms with Crippen molar-refractivity contribution in [3.05, 3.63) is 29.3 Å². The normalized spacial score (nSPS) is 14.0. The number of nitriles is 1. The Hall–Kier alpha value is -1.59. The van der Waals surface area contributed by atoms with E-state index in [0.717, 1.165) is 29.4 Å². The molecule has 0 saturated heterocycles. The maximum absolute atomic E-state index is 12.8. The standard InChI is InChI=1S/C13H15F3N2O2S/c1-9(7-8-17)18(3)21(19,20)12-6-4-5-11(10(12)2)13(14,15)16/h4-6,9H,7H2,1-3H3. The van der Waals surface area contributed by atoms with Gasteiger partial charge in [0, 0.05) is 13.1 Å². The van der Waals surface area contributed by atoms with Gasteiger partial charge in [-0.15, -0.1) is 0 Å². The van der Waals surface area contributed by atoms with Gasteiger partial charge in [-0.3, -0.25) is 0 Å². The lowest BCUT2D eigenvalue weighted by Crippen LogP contribution is -2.35. The maximum Gasteiger partial charge on any atom is 0.416 e. The van der Waals surface area contributed by atoms with E-state index in [2.05, 4.69) is 0 Å². The molecule has 1 atom stereocenters. The molecule has 0 spiro atoms. The average Bonchev–Trinajstić information content (AvgIpc) is 2.36. The highest BCUT2D eigenvalue weighted by Crippen LogP contribution is 2.35. The fraction of sp³-hybridized carbons (Fsp3) is 0.462. The number of hydrogen-bond acceptors (Lipinski definition) is 3. The molecule has 0 heterocycles. The molecule has 1 rings (SSSR count). The van der Waals surface area contributed by atoms with Crippen LogP contribution in [0.4, 0.5) is 13.2 Å². The second kappa shape index (κ2) is 6.03. The van der Waals surface area contributed by atoms with Gasteiger partial charge in [-0.05, 0) is 31.5 Å². The van der Waals surface area contributed by atoms with Gasteiger partial charge in [-0.2, -0.15) is 22.7 Å². The summed E-state index contributed by atoms with van der Waals surface area (Å²) in [6, 6.07) is 4.24. The van der Waals surface area contributed by atoms with Crippen molar-refractivity contribution in [1.29, 1.82) is 5.26 Å². The van der Waals surface area contributed by atoms with Gasteiger partial charge in [0.2, 0.25) is 10.0 Å². The minimum Gasteiger partial charge on any atom is -0.207 e. The third kappa shape index (κ3) is 3.54. The molecule has 116 valence electrons. The van der Waals surface area contributed by atoms with E-state index in [4.69, 9.17) is 5.26 Å². The van der Waals surface area contributed by atoms with E-state index in [1.165, 1.54) is 14.0 Å². The highest BCUT2D eigenvalue weighted by atomic mass is 32.2. The molecule has 1 aromatic rings. The minimum atomic E-state index is -4.62. The Bertz CT molecular complexity index is 663. The van der Waals surface area contributed by atoms with Crippen molar-refractivity contribution in [3.63, 3.8) is 0 Å². The zero-order valence-electron chi connectivity index (χ0n) is 11.8. The Morgan fingerprint density at radius 2 is 1.95 bits per heavy atom. The third-order valence-electron chi connectivity index (χ3n) is 3.25. The van der Waals surface area contributed by atoms with Crippen molar-refractivity contribution in [1.82, 2.24) is 4.31 Å². The molecule has 0 aromatic heterocycles. The Labute approximate surface area is 121 Å². The first-order valence-corrected chi connectivity index (χ1v) is 7.49. The third-order valence-corrected chi connectivity index (χ3v) is 5.37. The van der Waals surface area contributed by atoms with Gasteiger partial charge in [0.05, 0.1) is 22.9 Å². The van der Waals surface area contributed by atoms with E-state index >= 15 is 0 Å². The average molecular weight is 320 g/mol. The number of halogens is 3. The summed E-state index contributed by atoms with van der Waals surface area (Å²) in [7, 11) is -2.84. The van der Waals surface area contributed by atoms with Gasteiger partial charge in [-0.25, -0.2) is 8.42 Å². The predicted molar refractivity (Wildman–Crippen MR) is 70.8 cm³/mol. The summed E-state index contributed by atoms with van der Waals surface area (Å²) < 4.78 is 64.2. The zero-order valence-corrected chi connectivity index (χ0v) is 12.6. The lowest BCUT2D eigenvalue weighted by molar-refractivity contribution is -0.138. The summed E-state index contributed by atoms with van der Waals surface area (Å²) in [6.07, 6.45) is -4.67. The largest absolute Gasteiger partial charge is 0.416 e. The molecule has 4 nitrogen and oxygen atoms in total. The number of nitrogens with zero attached hydrogens (tertiary/aromatic N) is 2. The van der Waals surface area contributed by atoms with Crippen molar-refractivity contribution < 1.29 is 21.6 Å². The molecule has 0 radical (unpaired) electrons. The SMILES string of the molecule is Cc1c(C(F)(F)F)cccc1S(=O)(=O)N(C)C(C)CC#N. The Morgan fingerprint density at radius 3 is 2.43 bits per heavy atom. The van der Waals surface area contributed by atoms with Crippen LogP contribution in [-0.2, 0) is 16.2 Å². The number of hydrogen-bond donors (Lipinski definition) is 0. The van der Waals surface area contributed by atoms with E-state index in [9.17, 15) is 21.6 Å². The smallest absolute Gasteiger partial charge is 0.207 e. The fourth-order valence-corrected chi connectivity index (χ4v) is 3.46. The molecule has 0 amide bonds. The summed E-state index contributed by atoms with van der Waals surface area (Å²) in [5.41, 5.74) is -1.33. The second-order valence-electron chi connectivity index (χ2n) is 4.66. The first-order valence-electron chi connectivity index (χ1n) is 6.05. The van der Waals surface area contributed by atoms with E-state index in [-0.39, 0.29) is 12.0 Å². The van der Waals surface area contributed by atoms with Gasteiger partial charge in [0.1, 0.15) is 0 Å². The number of alkyl halides is 3. The van der Waals surface area contributed by atoms with Crippen LogP contribution in [0.5, 0.6) is 0 Å². The van der Waals surface area contributed by atoms with Crippen LogP contribution >= 0.6 is 0 Å². The molecule has 0 bridgehead atoms. The van der Waals surface area contributed by atoms with E-state index < -0.39 is 32.7 Å². The topological polar surface area (TPSA) is 61.2 Å². The predicted octanol–water partition coefficient (Wildman–Crippen LogP) is 2.94. The number of sulfonamides is 1. The quantitative estimate of drug-likeness (QED) is 0.857. The van der Waals surface area contributed by atoms with Crippen LogP contribution in [0.1, 0.15) is 24.5 Å². The lowest BCUT2D eigenvalue weighted by atomic mass is 10.1. The van der Waals surface area contributed by atoms with Crippen molar-refractivity contribution >= 4 is 10.0 Å². The van der Waals surface area contributed by atoms with Gasteiger partial charge in [0.15, 0.2) is 0 Å². The van der Waals surface area contributed by atoms with Crippen molar-refractivity contribution in [2.45, 2.75) is 37.4 Å². The van der Waals surface area contributed by atoms with E-state index in [1.54, 1.807) is 0 Å². The summed E-state index contributed by atoms with van der Waals surface area (Å²) in [5, 5.41) is 8.61. The highest BCUT2D eigenvalue weighted by molar-refractivity contribution is 7.89. The van der Waals surface area contributed by atoms with Crippen molar-refractivity contribution in [3.8, 4) is 6.07 Å². The maximum atomic E-state index is 12.8. The van der Waals surface area contributed by atoms with Crippen LogP contribution in [0.25, 0.3) is 0 Å². The van der Waals surface area contributed by atoms with Gasteiger partial charge >= 0.3 is 6.18 Å². The second-order valence-corrected chi connectivity index (χ2v) is 6.62. The van der Waals surface area contributed by atoms with Gasteiger partial charge < -0.3 is 0 Å². The van der Waals surface area contributed by atoms with Gasteiger partial charge in [-0.1, -0.05) is 6.07 Å². The van der Waals surface area contributed by atoms with Crippen LogP contribution in [-0.4, -0.2) is 25.8 Å². The summed E-state index contributed by atoms with van der Waals surface area (Å²) in [5.74, 6) is 0. The van der Waals surface area contributed by atoms with Crippen molar-refractivity contribution in [2.75, 3.05) is 7.05 Å². The monoisotopic (exact) mass is 320 g/mol. The highest BCUT2D eigenvalue weighted by Gasteiger charge is 2.36. The first kappa shape index (κ1) is 17.5.